The molecule has 39 heavy (non-hydrogen) atoms. The molecule has 0 atom stereocenters. The summed E-state index contributed by atoms with van der Waals surface area (Å²) < 4.78 is 11.0. The first-order valence-corrected chi connectivity index (χ1v) is 13.3. The number of benzene rings is 6. The molecular weight excluding hydrogens is 476 g/mol. The van der Waals surface area contributed by atoms with Gasteiger partial charge < -0.3 is 13.9 Å². The Morgan fingerprint density at radius 3 is 1.82 bits per heavy atom. The van der Waals surface area contributed by atoms with Crippen molar-refractivity contribution in [3.05, 3.63) is 133 Å². The largest absolute Gasteiger partial charge is 0.453 e. The zero-order valence-corrected chi connectivity index (χ0v) is 21.0. The van der Waals surface area contributed by atoms with Gasteiger partial charge in [-0.2, -0.15) is 0 Å². The van der Waals surface area contributed by atoms with Gasteiger partial charge in [-0.1, -0.05) is 78.9 Å². The summed E-state index contributed by atoms with van der Waals surface area (Å²) in [5.74, 6) is 1.79. The van der Waals surface area contributed by atoms with Crippen molar-refractivity contribution in [2.45, 2.75) is 0 Å². The van der Waals surface area contributed by atoms with Gasteiger partial charge in [0.05, 0.1) is 27.8 Å². The summed E-state index contributed by atoms with van der Waals surface area (Å²) >= 11 is 0. The predicted molar refractivity (Wildman–Crippen MR) is 161 cm³/mol. The van der Waals surface area contributed by atoms with E-state index in [9.17, 15) is 0 Å². The molecule has 0 fully saturated rings. The molecule has 0 unspecified atom stereocenters. The second kappa shape index (κ2) is 7.62. The van der Waals surface area contributed by atoms with Crippen molar-refractivity contribution in [3.63, 3.8) is 0 Å². The molecule has 0 aliphatic carbocycles. The zero-order chi connectivity index (χ0) is 25.5. The Labute approximate surface area is 224 Å². The van der Waals surface area contributed by atoms with Gasteiger partial charge in [-0.3, -0.25) is 0 Å². The van der Waals surface area contributed by atoms with Crippen LogP contribution in [0.1, 0.15) is 0 Å². The van der Waals surface area contributed by atoms with E-state index in [-0.39, 0.29) is 0 Å². The van der Waals surface area contributed by atoms with Gasteiger partial charge in [0.25, 0.3) is 0 Å². The maximum Gasteiger partial charge on any atom is 0.152 e. The summed E-state index contributed by atoms with van der Waals surface area (Å²) in [5, 5.41) is 5.00. The SMILES string of the molecule is c1ccc2c(c1)Oc1cccc3c4cc(-c5ccc(-n6c7ccccc7c7ccccc76)cc5)ccc4n-2c13. The molecule has 0 bridgehead atoms. The highest BCUT2D eigenvalue weighted by atomic mass is 16.5. The van der Waals surface area contributed by atoms with E-state index in [2.05, 4.69) is 130 Å². The first-order chi connectivity index (χ1) is 19.3. The number of hydrogen-bond acceptors (Lipinski definition) is 1. The summed E-state index contributed by atoms with van der Waals surface area (Å²) in [6.45, 7) is 0. The molecule has 0 saturated carbocycles. The van der Waals surface area contributed by atoms with Crippen molar-refractivity contribution in [1.29, 1.82) is 0 Å². The summed E-state index contributed by atoms with van der Waals surface area (Å²) in [6, 6.07) is 47.6. The molecular formula is C36H22N2O. The molecule has 8 aromatic rings. The van der Waals surface area contributed by atoms with E-state index in [0.717, 1.165) is 28.4 Å². The standard InChI is InChI=1S/C36H22N2O/c1-3-11-30-26(8-1)27-9-2-4-12-31(27)37(30)25-19-16-23(17-20-25)24-18-21-32-29(22-24)28-10-7-15-35-36(28)38(32)33-13-5-6-14-34(33)39-35/h1-22H. The van der Waals surface area contributed by atoms with Crippen molar-refractivity contribution >= 4 is 43.6 Å². The van der Waals surface area contributed by atoms with Crippen molar-refractivity contribution in [2.75, 3.05) is 0 Å². The lowest BCUT2D eigenvalue weighted by molar-refractivity contribution is 0.476. The van der Waals surface area contributed by atoms with Crippen LogP contribution in [0.3, 0.4) is 0 Å². The molecule has 6 aromatic carbocycles. The molecule has 3 nitrogen and oxygen atoms in total. The second-order valence-corrected chi connectivity index (χ2v) is 10.2. The molecule has 2 aromatic heterocycles. The maximum atomic E-state index is 6.28. The highest BCUT2D eigenvalue weighted by molar-refractivity contribution is 6.13. The van der Waals surface area contributed by atoms with Crippen LogP contribution in [-0.2, 0) is 0 Å². The second-order valence-electron chi connectivity index (χ2n) is 10.2. The Balaban J connectivity index is 1.21. The molecule has 9 rings (SSSR count). The quantitative estimate of drug-likeness (QED) is 0.232. The molecule has 1 aliphatic heterocycles. The molecule has 0 amide bonds. The molecule has 0 saturated heterocycles. The fraction of sp³-hybridized carbons (Fsp3) is 0. The van der Waals surface area contributed by atoms with Crippen LogP contribution >= 0.6 is 0 Å². The first kappa shape index (κ1) is 20.7. The predicted octanol–water partition coefficient (Wildman–Crippen LogP) is 9.65. The molecule has 0 radical (unpaired) electrons. The third-order valence-electron chi connectivity index (χ3n) is 8.12. The maximum absolute atomic E-state index is 6.28. The zero-order valence-electron chi connectivity index (χ0n) is 21.0. The smallest absolute Gasteiger partial charge is 0.152 e. The van der Waals surface area contributed by atoms with Crippen LogP contribution in [-0.4, -0.2) is 9.13 Å². The fourth-order valence-electron chi connectivity index (χ4n) is 6.40. The van der Waals surface area contributed by atoms with Crippen LogP contribution in [0.2, 0.25) is 0 Å². The van der Waals surface area contributed by atoms with Crippen LogP contribution in [0.25, 0.3) is 66.1 Å². The molecule has 3 heterocycles. The van der Waals surface area contributed by atoms with Crippen molar-refractivity contribution in [3.8, 4) is 34.0 Å². The summed E-state index contributed by atoms with van der Waals surface area (Å²) in [4.78, 5) is 0. The van der Waals surface area contributed by atoms with E-state index in [0.29, 0.717) is 0 Å². The minimum Gasteiger partial charge on any atom is -0.453 e. The number of fused-ring (bicyclic) bond motifs is 8. The Hall–Kier alpha value is -5.28. The third-order valence-corrected chi connectivity index (χ3v) is 8.12. The van der Waals surface area contributed by atoms with E-state index in [1.54, 1.807) is 0 Å². The van der Waals surface area contributed by atoms with Crippen LogP contribution in [0.5, 0.6) is 11.5 Å². The van der Waals surface area contributed by atoms with E-state index in [1.807, 2.05) is 12.1 Å². The van der Waals surface area contributed by atoms with E-state index in [4.69, 9.17) is 4.74 Å². The van der Waals surface area contributed by atoms with Gasteiger partial charge in [0.1, 0.15) is 0 Å². The Bertz CT molecular complexity index is 2200. The number of nitrogens with zero attached hydrogens (tertiary/aromatic N) is 2. The number of hydrogen-bond donors (Lipinski definition) is 0. The summed E-state index contributed by atoms with van der Waals surface area (Å²) in [5.41, 5.74) is 9.43. The third kappa shape index (κ3) is 2.82. The van der Waals surface area contributed by atoms with Gasteiger partial charge in [0.15, 0.2) is 11.5 Å². The van der Waals surface area contributed by atoms with E-state index in [1.165, 1.54) is 49.2 Å². The number of rotatable bonds is 2. The van der Waals surface area contributed by atoms with Crippen molar-refractivity contribution in [2.24, 2.45) is 0 Å². The minimum atomic E-state index is 0.889. The van der Waals surface area contributed by atoms with E-state index >= 15 is 0 Å². The van der Waals surface area contributed by atoms with Crippen LogP contribution in [0.15, 0.2) is 133 Å². The molecule has 182 valence electrons. The van der Waals surface area contributed by atoms with Crippen LogP contribution in [0.4, 0.5) is 0 Å². The van der Waals surface area contributed by atoms with Crippen molar-refractivity contribution in [1.82, 2.24) is 9.13 Å². The Morgan fingerprint density at radius 2 is 1.03 bits per heavy atom. The lowest BCUT2D eigenvalue weighted by Gasteiger charge is -2.20. The highest BCUT2D eigenvalue weighted by Crippen LogP contribution is 2.45. The molecule has 1 aliphatic rings. The van der Waals surface area contributed by atoms with E-state index < -0.39 is 0 Å². The highest BCUT2D eigenvalue weighted by Gasteiger charge is 2.23. The first-order valence-electron chi connectivity index (χ1n) is 13.3. The lowest BCUT2D eigenvalue weighted by Crippen LogP contribution is -2.03. The van der Waals surface area contributed by atoms with Crippen molar-refractivity contribution < 1.29 is 4.74 Å². The number of para-hydroxylation sites is 5. The van der Waals surface area contributed by atoms with Gasteiger partial charge in [-0.15, -0.1) is 0 Å². The van der Waals surface area contributed by atoms with Crippen LogP contribution in [0, 0.1) is 0 Å². The molecule has 0 N–H and O–H groups in total. The Kier molecular flexibility index (Phi) is 4.05. The fourth-order valence-corrected chi connectivity index (χ4v) is 6.40. The Morgan fingerprint density at radius 1 is 0.410 bits per heavy atom. The molecule has 0 spiro atoms. The normalized spacial score (nSPS) is 12.3. The number of aromatic nitrogens is 2. The monoisotopic (exact) mass is 498 g/mol. The number of ether oxygens (including phenoxy) is 1. The average Bonchev–Trinajstić information content (AvgIpc) is 3.52. The van der Waals surface area contributed by atoms with Gasteiger partial charge in [0, 0.05) is 27.2 Å². The van der Waals surface area contributed by atoms with Crippen LogP contribution < -0.4 is 4.74 Å². The topological polar surface area (TPSA) is 19.1 Å². The average molecular weight is 499 g/mol. The van der Waals surface area contributed by atoms with Gasteiger partial charge in [0.2, 0.25) is 0 Å². The van der Waals surface area contributed by atoms with Gasteiger partial charge in [-0.25, -0.2) is 0 Å². The summed E-state index contributed by atoms with van der Waals surface area (Å²) in [6.07, 6.45) is 0. The van der Waals surface area contributed by atoms with Gasteiger partial charge in [-0.05, 0) is 65.7 Å². The lowest BCUT2D eigenvalue weighted by atomic mass is 10.0. The molecule has 3 heteroatoms. The van der Waals surface area contributed by atoms with Gasteiger partial charge >= 0.3 is 0 Å². The summed E-state index contributed by atoms with van der Waals surface area (Å²) in [7, 11) is 0. The minimum absolute atomic E-state index is 0.889.